The highest BCUT2D eigenvalue weighted by atomic mass is 16.1. The topological polar surface area (TPSA) is 78.1 Å². The first-order valence-corrected chi connectivity index (χ1v) is 9.66. The number of aromatic amines is 1. The van der Waals surface area contributed by atoms with E-state index < -0.39 is 0 Å². The van der Waals surface area contributed by atoms with Crippen LogP contribution in [0.4, 0.5) is 0 Å². The number of aromatic nitrogens is 2. The van der Waals surface area contributed by atoms with E-state index in [0.717, 1.165) is 61.0 Å². The first kappa shape index (κ1) is 19.3. The summed E-state index contributed by atoms with van der Waals surface area (Å²) in [6.45, 7) is 1.61. The molecule has 2 N–H and O–H groups in total. The number of hydrogen-bond acceptors (Lipinski definition) is 4. The minimum atomic E-state index is -0.0562. The Labute approximate surface area is 160 Å². The predicted molar refractivity (Wildman–Crippen MR) is 106 cm³/mol. The van der Waals surface area contributed by atoms with Crippen molar-refractivity contribution < 1.29 is 4.79 Å². The van der Waals surface area contributed by atoms with Crippen LogP contribution < -0.4 is 10.9 Å². The maximum atomic E-state index is 12.4. The first-order valence-electron chi connectivity index (χ1n) is 9.66. The van der Waals surface area contributed by atoms with E-state index in [0.29, 0.717) is 18.5 Å². The summed E-state index contributed by atoms with van der Waals surface area (Å²) in [4.78, 5) is 26.5. The van der Waals surface area contributed by atoms with Gasteiger partial charge in [0.1, 0.15) is 0 Å². The van der Waals surface area contributed by atoms with Gasteiger partial charge in [0.25, 0.3) is 11.5 Å². The van der Waals surface area contributed by atoms with Gasteiger partial charge in [-0.05, 0) is 76.0 Å². The Bertz CT molecular complexity index is 858. The van der Waals surface area contributed by atoms with Crippen molar-refractivity contribution in [3.8, 4) is 0 Å². The van der Waals surface area contributed by atoms with Gasteiger partial charge in [-0.1, -0.05) is 12.1 Å². The Morgan fingerprint density at radius 1 is 1.22 bits per heavy atom. The summed E-state index contributed by atoms with van der Waals surface area (Å²) in [7, 11) is 4.05. The molecule has 1 aliphatic carbocycles. The maximum Gasteiger partial charge on any atom is 0.267 e. The zero-order valence-corrected chi connectivity index (χ0v) is 16.2. The number of amides is 1. The van der Waals surface area contributed by atoms with Crippen molar-refractivity contribution in [1.82, 2.24) is 20.4 Å². The largest absolute Gasteiger partial charge is 0.352 e. The molecule has 1 aromatic heterocycles. The summed E-state index contributed by atoms with van der Waals surface area (Å²) in [5.41, 5.74) is 4.55. The van der Waals surface area contributed by atoms with E-state index in [1.165, 1.54) is 0 Å². The molecule has 0 radical (unpaired) electrons. The number of benzene rings is 1. The predicted octanol–water partition coefficient (Wildman–Crippen LogP) is 1.92. The van der Waals surface area contributed by atoms with Crippen molar-refractivity contribution >= 4 is 5.91 Å². The van der Waals surface area contributed by atoms with Crippen LogP contribution in [-0.4, -0.2) is 48.2 Å². The van der Waals surface area contributed by atoms with Gasteiger partial charge in [-0.2, -0.15) is 5.10 Å². The highest BCUT2D eigenvalue weighted by Gasteiger charge is 2.18. The fourth-order valence-corrected chi connectivity index (χ4v) is 3.59. The molecular weight excluding hydrogens is 340 g/mol. The van der Waals surface area contributed by atoms with E-state index in [-0.39, 0.29) is 11.5 Å². The van der Waals surface area contributed by atoms with Gasteiger partial charge < -0.3 is 10.2 Å². The summed E-state index contributed by atoms with van der Waals surface area (Å²) in [5.74, 6) is -0.0490. The van der Waals surface area contributed by atoms with Gasteiger partial charge in [-0.15, -0.1) is 0 Å². The van der Waals surface area contributed by atoms with E-state index in [4.69, 9.17) is 0 Å². The van der Waals surface area contributed by atoms with Crippen LogP contribution in [0.25, 0.3) is 0 Å². The van der Waals surface area contributed by atoms with Crippen molar-refractivity contribution in [2.75, 3.05) is 27.2 Å². The van der Waals surface area contributed by atoms with Gasteiger partial charge in [0, 0.05) is 24.1 Å². The molecular formula is C21H28N4O2. The number of rotatable bonds is 7. The molecule has 1 aliphatic rings. The number of carbonyl (C=O) groups excluding carboxylic acids is 1. The van der Waals surface area contributed by atoms with Crippen LogP contribution in [0.15, 0.2) is 29.1 Å². The van der Waals surface area contributed by atoms with Crippen LogP contribution in [0, 0.1) is 0 Å². The Morgan fingerprint density at radius 3 is 2.78 bits per heavy atom. The number of fused-ring (bicyclic) bond motifs is 1. The molecule has 2 aromatic rings. The van der Waals surface area contributed by atoms with Crippen molar-refractivity contribution in [1.29, 1.82) is 0 Å². The molecule has 0 saturated heterocycles. The molecule has 0 spiro atoms. The molecule has 1 heterocycles. The van der Waals surface area contributed by atoms with E-state index in [1.54, 1.807) is 0 Å². The molecule has 0 saturated carbocycles. The molecule has 6 heteroatoms. The number of nitrogens with one attached hydrogen (secondary N) is 2. The third-order valence-corrected chi connectivity index (χ3v) is 5.01. The molecule has 0 aliphatic heterocycles. The Kier molecular flexibility index (Phi) is 6.40. The quantitative estimate of drug-likeness (QED) is 0.732. The average Bonchev–Trinajstić information content (AvgIpc) is 2.67. The first-order chi connectivity index (χ1) is 13.0. The standard InChI is InChI=1S/C21H28N4O2/c1-25(2)12-6-11-22-20(26)16-8-5-7-15(13-16)14-19-17-9-3-4-10-18(17)21(27)24-23-19/h5,7-8,13H,3-4,6,9-12,14H2,1-2H3,(H,22,26)(H,24,27). The van der Waals surface area contributed by atoms with Crippen molar-refractivity contribution in [2.45, 2.75) is 38.5 Å². The Balaban J connectivity index is 1.70. The van der Waals surface area contributed by atoms with Crippen LogP contribution in [-0.2, 0) is 19.3 Å². The second-order valence-electron chi connectivity index (χ2n) is 7.45. The third kappa shape index (κ3) is 5.04. The summed E-state index contributed by atoms with van der Waals surface area (Å²) in [6, 6.07) is 7.66. The van der Waals surface area contributed by atoms with E-state index in [2.05, 4.69) is 20.4 Å². The monoisotopic (exact) mass is 368 g/mol. The maximum absolute atomic E-state index is 12.4. The van der Waals surface area contributed by atoms with Gasteiger partial charge in [-0.25, -0.2) is 5.10 Å². The van der Waals surface area contributed by atoms with Crippen molar-refractivity contribution in [3.63, 3.8) is 0 Å². The van der Waals surface area contributed by atoms with Gasteiger partial charge >= 0.3 is 0 Å². The molecule has 27 heavy (non-hydrogen) atoms. The second-order valence-corrected chi connectivity index (χ2v) is 7.45. The molecule has 0 fully saturated rings. The van der Waals surface area contributed by atoms with E-state index in [9.17, 15) is 9.59 Å². The minimum Gasteiger partial charge on any atom is -0.352 e. The normalized spacial score (nSPS) is 13.4. The molecule has 1 aromatic carbocycles. The summed E-state index contributed by atoms with van der Waals surface area (Å²) in [6.07, 6.45) is 5.44. The lowest BCUT2D eigenvalue weighted by Crippen LogP contribution is -2.27. The molecule has 6 nitrogen and oxygen atoms in total. The van der Waals surface area contributed by atoms with E-state index >= 15 is 0 Å². The van der Waals surface area contributed by atoms with Crippen molar-refractivity contribution in [3.05, 3.63) is 62.6 Å². The van der Waals surface area contributed by atoms with Gasteiger partial charge in [0.2, 0.25) is 0 Å². The zero-order chi connectivity index (χ0) is 19.2. The lowest BCUT2D eigenvalue weighted by Gasteiger charge is -2.17. The van der Waals surface area contributed by atoms with Gasteiger partial charge in [-0.3, -0.25) is 9.59 Å². The fraction of sp³-hybridized carbons (Fsp3) is 0.476. The van der Waals surface area contributed by atoms with Crippen LogP contribution in [0.5, 0.6) is 0 Å². The Morgan fingerprint density at radius 2 is 2.00 bits per heavy atom. The van der Waals surface area contributed by atoms with Crippen LogP contribution in [0.2, 0.25) is 0 Å². The Hall–Kier alpha value is -2.47. The fourth-order valence-electron chi connectivity index (χ4n) is 3.59. The lowest BCUT2D eigenvalue weighted by atomic mass is 9.90. The van der Waals surface area contributed by atoms with Crippen molar-refractivity contribution in [2.24, 2.45) is 0 Å². The minimum absolute atomic E-state index is 0.0490. The van der Waals surface area contributed by atoms with Crippen LogP contribution in [0.1, 0.15) is 52.0 Å². The summed E-state index contributed by atoms with van der Waals surface area (Å²) in [5, 5.41) is 9.91. The molecule has 1 amide bonds. The number of carbonyl (C=O) groups is 1. The molecule has 0 unspecified atom stereocenters. The molecule has 0 atom stereocenters. The summed E-state index contributed by atoms with van der Waals surface area (Å²) >= 11 is 0. The molecule has 144 valence electrons. The second kappa shape index (κ2) is 8.95. The average molecular weight is 368 g/mol. The SMILES string of the molecule is CN(C)CCCNC(=O)c1cccc(Cc2n[nH]c(=O)c3c2CCCC3)c1. The zero-order valence-electron chi connectivity index (χ0n) is 16.2. The highest BCUT2D eigenvalue weighted by molar-refractivity contribution is 5.94. The number of nitrogens with zero attached hydrogens (tertiary/aromatic N) is 2. The molecule has 0 bridgehead atoms. The smallest absolute Gasteiger partial charge is 0.267 e. The summed E-state index contributed by atoms with van der Waals surface area (Å²) < 4.78 is 0. The number of H-pyrrole nitrogens is 1. The van der Waals surface area contributed by atoms with Crippen LogP contribution in [0.3, 0.4) is 0 Å². The lowest BCUT2D eigenvalue weighted by molar-refractivity contribution is 0.0952. The van der Waals surface area contributed by atoms with Crippen LogP contribution >= 0.6 is 0 Å². The third-order valence-electron chi connectivity index (χ3n) is 5.01. The number of hydrogen-bond donors (Lipinski definition) is 2. The van der Waals surface area contributed by atoms with Gasteiger partial charge in [0.05, 0.1) is 5.69 Å². The van der Waals surface area contributed by atoms with E-state index in [1.807, 2.05) is 38.4 Å². The van der Waals surface area contributed by atoms with Gasteiger partial charge in [0.15, 0.2) is 0 Å². The molecule has 3 rings (SSSR count). The highest BCUT2D eigenvalue weighted by Crippen LogP contribution is 2.22.